The topological polar surface area (TPSA) is 49.9 Å². The van der Waals surface area contributed by atoms with Crippen molar-refractivity contribution >= 4 is 23.6 Å². The minimum Gasteiger partial charge on any atom is -0.496 e. The summed E-state index contributed by atoms with van der Waals surface area (Å²) in [4.78, 5) is 29.4. The van der Waals surface area contributed by atoms with Gasteiger partial charge in [-0.1, -0.05) is 18.2 Å². The van der Waals surface area contributed by atoms with E-state index in [0.717, 1.165) is 11.3 Å². The van der Waals surface area contributed by atoms with Crippen molar-refractivity contribution < 1.29 is 18.7 Å². The summed E-state index contributed by atoms with van der Waals surface area (Å²) in [7, 11) is 1.62. The first-order valence-electron chi connectivity index (χ1n) is 9.99. The summed E-state index contributed by atoms with van der Waals surface area (Å²) in [6, 6.07) is 13.2. The summed E-state index contributed by atoms with van der Waals surface area (Å²) in [6.07, 6.45) is 0. The number of para-hydroxylation sites is 1. The Kier molecular flexibility index (Phi) is 7.02. The molecule has 2 aromatic carbocycles. The van der Waals surface area contributed by atoms with Crippen LogP contribution < -0.4 is 4.74 Å². The third-order valence-corrected chi connectivity index (χ3v) is 6.59. The zero-order valence-corrected chi connectivity index (χ0v) is 18.5. The Morgan fingerprint density at radius 3 is 2.50 bits per heavy atom. The average molecular weight is 431 g/mol. The molecule has 1 heterocycles. The second kappa shape index (κ2) is 9.51. The van der Waals surface area contributed by atoms with Crippen LogP contribution in [0.25, 0.3) is 0 Å². The van der Waals surface area contributed by atoms with Crippen molar-refractivity contribution in [3.05, 3.63) is 65.5 Å². The number of thioether (sulfide) groups is 1. The fraction of sp³-hybridized carbons (Fsp3) is 0.391. The maximum absolute atomic E-state index is 13.2. The van der Waals surface area contributed by atoms with Crippen LogP contribution in [0, 0.1) is 5.82 Å². The van der Waals surface area contributed by atoms with E-state index in [1.54, 1.807) is 23.8 Å². The minimum atomic E-state index is -0.379. The van der Waals surface area contributed by atoms with Crippen molar-refractivity contribution in [2.24, 2.45) is 0 Å². The van der Waals surface area contributed by atoms with Gasteiger partial charge in [0.25, 0.3) is 5.91 Å². The monoisotopic (exact) mass is 430 g/mol. The molecule has 1 aliphatic rings. The maximum atomic E-state index is 13.2. The lowest BCUT2D eigenvalue weighted by atomic mass is 10.1. The van der Waals surface area contributed by atoms with Gasteiger partial charge in [0, 0.05) is 30.3 Å². The molecule has 5 nitrogen and oxygen atoms in total. The SMILES string of the molecule is COc1ccccc1C1SC(C)C(=O)N1CCN(C(=O)c1ccc(F)cc1)C(C)C. The van der Waals surface area contributed by atoms with Gasteiger partial charge in [0.05, 0.1) is 12.4 Å². The van der Waals surface area contributed by atoms with Crippen molar-refractivity contribution in [2.75, 3.05) is 20.2 Å². The molecule has 160 valence electrons. The van der Waals surface area contributed by atoms with Crippen molar-refractivity contribution in [3.8, 4) is 5.75 Å². The van der Waals surface area contributed by atoms with Gasteiger partial charge in [-0.05, 0) is 51.1 Å². The van der Waals surface area contributed by atoms with Crippen molar-refractivity contribution in [2.45, 2.75) is 37.4 Å². The second-order valence-electron chi connectivity index (χ2n) is 7.50. The van der Waals surface area contributed by atoms with Gasteiger partial charge in [-0.2, -0.15) is 0 Å². The first kappa shape index (κ1) is 22.2. The van der Waals surface area contributed by atoms with E-state index in [4.69, 9.17) is 4.74 Å². The Bertz CT molecular complexity index is 904. The Morgan fingerprint density at radius 1 is 1.20 bits per heavy atom. The number of amides is 2. The quantitative estimate of drug-likeness (QED) is 0.655. The average Bonchev–Trinajstić information content (AvgIpc) is 3.02. The molecule has 0 spiro atoms. The zero-order chi connectivity index (χ0) is 21.8. The predicted molar refractivity (Wildman–Crippen MR) is 117 cm³/mol. The smallest absolute Gasteiger partial charge is 0.254 e. The molecule has 3 rings (SSSR count). The van der Waals surface area contributed by atoms with Crippen LogP contribution in [0.3, 0.4) is 0 Å². The van der Waals surface area contributed by atoms with Gasteiger partial charge in [-0.3, -0.25) is 9.59 Å². The van der Waals surface area contributed by atoms with E-state index in [-0.39, 0.29) is 34.3 Å². The van der Waals surface area contributed by atoms with E-state index in [1.165, 1.54) is 24.3 Å². The molecule has 0 bridgehead atoms. The molecular weight excluding hydrogens is 403 g/mol. The number of hydrogen-bond acceptors (Lipinski definition) is 4. The van der Waals surface area contributed by atoms with Gasteiger partial charge in [-0.25, -0.2) is 4.39 Å². The van der Waals surface area contributed by atoms with E-state index in [9.17, 15) is 14.0 Å². The first-order chi connectivity index (χ1) is 14.3. The van der Waals surface area contributed by atoms with E-state index < -0.39 is 0 Å². The second-order valence-corrected chi connectivity index (χ2v) is 8.93. The van der Waals surface area contributed by atoms with Gasteiger partial charge in [0.15, 0.2) is 0 Å². The number of benzene rings is 2. The van der Waals surface area contributed by atoms with Crippen molar-refractivity contribution in [1.82, 2.24) is 9.80 Å². The third-order valence-electron chi connectivity index (χ3n) is 5.21. The Hall–Kier alpha value is -2.54. The van der Waals surface area contributed by atoms with Gasteiger partial charge in [0.2, 0.25) is 5.91 Å². The zero-order valence-electron chi connectivity index (χ0n) is 17.7. The third kappa shape index (κ3) is 4.61. The Balaban J connectivity index is 1.80. The lowest BCUT2D eigenvalue weighted by molar-refractivity contribution is -0.130. The van der Waals surface area contributed by atoms with Gasteiger partial charge in [0.1, 0.15) is 16.9 Å². The van der Waals surface area contributed by atoms with E-state index in [1.807, 2.05) is 49.9 Å². The first-order valence-corrected chi connectivity index (χ1v) is 10.9. The molecule has 0 aliphatic carbocycles. The van der Waals surface area contributed by atoms with Crippen LogP contribution in [0.15, 0.2) is 48.5 Å². The number of carbonyl (C=O) groups is 2. The molecule has 0 saturated carbocycles. The summed E-state index contributed by atoms with van der Waals surface area (Å²) >= 11 is 1.58. The number of rotatable bonds is 7. The van der Waals surface area contributed by atoms with E-state index in [0.29, 0.717) is 18.7 Å². The fourth-order valence-electron chi connectivity index (χ4n) is 3.58. The normalized spacial score (nSPS) is 18.7. The highest BCUT2D eigenvalue weighted by molar-refractivity contribution is 8.01. The number of ether oxygens (including phenoxy) is 1. The molecule has 2 aromatic rings. The molecule has 0 N–H and O–H groups in total. The number of hydrogen-bond donors (Lipinski definition) is 0. The predicted octanol–water partition coefficient (Wildman–Crippen LogP) is 4.35. The molecular formula is C23H27FN2O3S. The molecule has 2 unspecified atom stereocenters. The van der Waals surface area contributed by atoms with Crippen LogP contribution in [0.5, 0.6) is 5.75 Å². The highest BCUT2D eigenvalue weighted by atomic mass is 32.2. The molecule has 2 atom stereocenters. The molecule has 7 heteroatoms. The van der Waals surface area contributed by atoms with Gasteiger partial charge < -0.3 is 14.5 Å². The van der Waals surface area contributed by atoms with Crippen molar-refractivity contribution in [1.29, 1.82) is 0 Å². The summed E-state index contributed by atoms with van der Waals surface area (Å²) in [5, 5.41) is -0.334. The van der Waals surface area contributed by atoms with Crippen LogP contribution in [0.1, 0.15) is 42.1 Å². The number of carbonyl (C=O) groups excluding carboxylic acids is 2. The summed E-state index contributed by atoms with van der Waals surface area (Å²) in [6.45, 7) is 6.56. The molecule has 2 amide bonds. The largest absolute Gasteiger partial charge is 0.496 e. The maximum Gasteiger partial charge on any atom is 0.254 e. The Labute approximate surface area is 181 Å². The van der Waals surface area contributed by atoms with Crippen molar-refractivity contribution in [3.63, 3.8) is 0 Å². The molecule has 0 aromatic heterocycles. The van der Waals surface area contributed by atoms with Crippen LogP contribution in [-0.4, -0.2) is 53.1 Å². The van der Waals surface area contributed by atoms with Crippen LogP contribution in [0.4, 0.5) is 4.39 Å². The lowest BCUT2D eigenvalue weighted by Crippen LogP contribution is -2.43. The highest BCUT2D eigenvalue weighted by Gasteiger charge is 2.39. The van der Waals surface area contributed by atoms with E-state index in [2.05, 4.69) is 0 Å². The summed E-state index contributed by atoms with van der Waals surface area (Å²) in [5.41, 5.74) is 1.38. The van der Waals surface area contributed by atoms with Crippen LogP contribution in [0.2, 0.25) is 0 Å². The number of methoxy groups -OCH3 is 1. The van der Waals surface area contributed by atoms with Gasteiger partial charge in [-0.15, -0.1) is 11.8 Å². The number of halogens is 1. The standard InChI is InChI=1S/C23H27FN2O3S/c1-15(2)25(22(28)17-9-11-18(24)12-10-17)13-14-26-21(27)16(3)30-23(26)19-7-5-6-8-20(19)29-4/h5-12,15-16,23H,13-14H2,1-4H3. The fourth-order valence-corrected chi connectivity index (χ4v) is 4.92. The molecule has 30 heavy (non-hydrogen) atoms. The lowest BCUT2D eigenvalue weighted by Gasteiger charge is -2.31. The Morgan fingerprint density at radius 2 is 1.87 bits per heavy atom. The molecule has 1 saturated heterocycles. The summed E-state index contributed by atoms with van der Waals surface area (Å²) in [5.74, 6) is 0.237. The molecule has 0 radical (unpaired) electrons. The van der Waals surface area contributed by atoms with E-state index >= 15 is 0 Å². The number of nitrogens with zero attached hydrogens (tertiary/aromatic N) is 2. The molecule has 1 fully saturated rings. The minimum absolute atomic E-state index is 0.0499. The van der Waals surface area contributed by atoms with Crippen LogP contribution >= 0.6 is 11.8 Å². The van der Waals surface area contributed by atoms with Gasteiger partial charge >= 0.3 is 0 Å². The summed E-state index contributed by atoms with van der Waals surface area (Å²) < 4.78 is 18.7. The molecule has 1 aliphatic heterocycles. The highest BCUT2D eigenvalue weighted by Crippen LogP contribution is 2.45. The van der Waals surface area contributed by atoms with Crippen LogP contribution in [-0.2, 0) is 4.79 Å².